The lowest BCUT2D eigenvalue weighted by Gasteiger charge is -2.36. The SMILES string of the molecule is CC(O)c1cccc(-c2ccc3c(c2)N2CCNCC2CCO3)c1. The molecule has 2 unspecified atom stereocenters. The normalized spacial score (nSPS) is 21.2. The van der Waals surface area contributed by atoms with Crippen LogP contribution in [0.15, 0.2) is 42.5 Å². The molecule has 2 N–H and O–H groups in total. The third-order valence-electron chi connectivity index (χ3n) is 5.03. The number of ether oxygens (including phenoxy) is 1. The zero-order chi connectivity index (χ0) is 16.5. The highest BCUT2D eigenvalue weighted by Crippen LogP contribution is 2.37. The summed E-state index contributed by atoms with van der Waals surface area (Å²) in [4.78, 5) is 2.49. The highest BCUT2D eigenvalue weighted by molar-refractivity contribution is 5.73. The van der Waals surface area contributed by atoms with Gasteiger partial charge in [0.15, 0.2) is 0 Å². The highest BCUT2D eigenvalue weighted by atomic mass is 16.5. The van der Waals surface area contributed by atoms with Crippen molar-refractivity contribution < 1.29 is 9.84 Å². The Labute approximate surface area is 143 Å². The Morgan fingerprint density at radius 3 is 2.96 bits per heavy atom. The van der Waals surface area contributed by atoms with Crippen molar-refractivity contribution in [3.8, 4) is 16.9 Å². The molecule has 2 aliphatic rings. The fourth-order valence-corrected chi connectivity index (χ4v) is 3.66. The first kappa shape index (κ1) is 15.5. The molecule has 2 atom stereocenters. The second-order valence-electron chi connectivity index (χ2n) is 6.67. The zero-order valence-corrected chi connectivity index (χ0v) is 14.0. The number of fused-ring (bicyclic) bond motifs is 3. The van der Waals surface area contributed by atoms with Crippen molar-refractivity contribution in [1.82, 2.24) is 5.32 Å². The molecule has 24 heavy (non-hydrogen) atoms. The lowest BCUT2D eigenvalue weighted by Crippen LogP contribution is -2.51. The van der Waals surface area contributed by atoms with E-state index in [2.05, 4.69) is 40.5 Å². The van der Waals surface area contributed by atoms with Gasteiger partial charge in [-0.05, 0) is 41.8 Å². The highest BCUT2D eigenvalue weighted by Gasteiger charge is 2.27. The van der Waals surface area contributed by atoms with Gasteiger partial charge in [-0.25, -0.2) is 0 Å². The van der Waals surface area contributed by atoms with Crippen molar-refractivity contribution in [2.75, 3.05) is 31.1 Å². The summed E-state index contributed by atoms with van der Waals surface area (Å²) in [5, 5.41) is 13.3. The lowest BCUT2D eigenvalue weighted by molar-refractivity contribution is 0.199. The van der Waals surface area contributed by atoms with Gasteiger partial charge in [-0.1, -0.05) is 24.3 Å². The van der Waals surface area contributed by atoms with Gasteiger partial charge in [-0.2, -0.15) is 0 Å². The van der Waals surface area contributed by atoms with E-state index < -0.39 is 6.10 Å². The summed E-state index contributed by atoms with van der Waals surface area (Å²) in [6.07, 6.45) is 0.598. The van der Waals surface area contributed by atoms with E-state index in [1.807, 2.05) is 12.1 Å². The molecule has 4 rings (SSSR count). The van der Waals surface area contributed by atoms with Crippen molar-refractivity contribution in [2.24, 2.45) is 0 Å². The van der Waals surface area contributed by atoms with Gasteiger partial charge in [0, 0.05) is 32.1 Å². The van der Waals surface area contributed by atoms with Crippen LogP contribution >= 0.6 is 0 Å². The Kier molecular flexibility index (Phi) is 4.17. The van der Waals surface area contributed by atoms with Crippen LogP contribution in [0, 0.1) is 0 Å². The quantitative estimate of drug-likeness (QED) is 0.891. The van der Waals surface area contributed by atoms with Crippen LogP contribution < -0.4 is 15.0 Å². The average molecular weight is 324 g/mol. The van der Waals surface area contributed by atoms with Crippen molar-refractivity contribution in [1.29, 1.82) is 0 Å². The summed E-state index contributed by atoms with van der Waals surface area (Å²) >= 11 is 0. The number of rotatable bonds is 2. The van der Waals surface area contributed by atoms with Gasteiger partial charge < -0.3 is 20.1 Å². The van der Waals surface area contributed by atoms with E-state index in [0.717, 1.165) is 49.5 Å². The topological polar surface area (TPSA) is 44.7 Å². The molecule has 2 aliphatic heterocycles. The molecule has 2 heterocycles. The first-order chi connectivity index (χ1) is 11.7. The molecule has 0 aliphatic carbocycles. The van der Waals surface area contributed by atoms with Crippen LogP contribution in [0.2, 0.25) is 0 Å². The Hall–Kier alpha value is -2.04. The second-order valence-corrected chi connectivity index (χ2v) is 6.67. The van der Waals surface area contributed by atoms with Crippen molar-refractivity contribution >= 4 is 5.69 Å². The summed E-state index contributed by atoms with van der Waals surface area (Å²) in [5.41, 5.74) is 4.43. The number of hydrogen-bond donors (Lipinski definition) is 2. The Morgan fingerprint density at radius 1 is 1.21 bits per heavy atom. The van der Waals surface area contributed by atoms with Crippen molar-refractivity contribution in [3.05, 3.63) is 48.0 Å². The Bertz CT molecular complexity index is 729. The van der Waals surface area contributed by atoms with Crippen LogP contribution in [0.25, 0.3) is 11.1 Å². The van der Waals surface area contributed by atoms with E-state index in [0.29, 0.717) is 6.04 Å². The van der Waals surface area contributed by atoms with Crippen LogP contribution in [-0.2, 0) is 0 Å². The van der Waals surface area contributed by atoms with Gasteiger partial charge in [-0.15, -0.1) is 0 Å². The van der Waals surface area contributed by atoms with E-state index in [9.17, 15) is 5.11 Å². The van der Waals surface area contributed by atoms with Crippen LogP contribution in [0.4, 0.5) is 5.69 Å². The van der Waals surface area contributed by atoms with Crippen LogP contribution in [0.5, 0.6) is 5.75 Å². The molecule has 4 nitrogen and oxygen atoms in total. The van der Waals surface area contributed by atoms with E-state index in [-0.39, 0.29) is 0 Å². The summed E-state index contributed by atoms with van der Waals surface area (Å²) in [5.74, 6) is 0.981. The van der Waals surface area contributed by atoms with Gasteiger partial charge in [0.1, 0.15) is 5.75 Å². The molecule has 0 aromatic heterocycles. The van der Waals surface area contributed by atoms with E-state index in [1.165, 1.54) is 11.3 Å². The predicted octanol–water partition coefficient (Wildman–Crippen LogP) is 2.97. The largest absolute Gasteiger partial charge is 0.491 e. The fourth-order valence-electron chi connectivity index (χ4n) is 3.66. The third-order valence-corrected chi connectivity index (χ3v) is 5.03. The van der Waals surface area contributed by atoms with Gasteiger partial charge in [0.2, 0.25) is 0 Å². The van der Waals surface area contributed by atoms with Crippen molar-refractivity contribution in [2.45, 2.75) is 25.5 Å². The summed E-state index contributed by atoms with van der Waals surface area (Å²) < 4.78 is 5.98. The molecule has 0 bridgehead atoms. The molecular weight excluding hydrogens is 300 g/mol. The summed E-state index contributed by atoms with van der Waals surface area (Å²) in [6, 6.07) is 15.1. The molecule has 0 spiro atoms. The molecule has 0 saturated carbocycles. The van der Waals surface area contributed by atoms with E-state index in [4.69, 9.17) is 4.74 Å². The Balaban J connectivity index is 1.74. The number of nitrogens with zero attached hydrogens (tertiary/aromatic N) is 1. The third kappa shape index (κ3) is 2.87. The maximum atomic E-state index is 9.84. The minimum atomic E-state index is -0.452. The number of nitrogens with one attached hydrogen (secondary N) is 1. The molecule has 1 fully saturated rings. The predicted molar refractivity (Wildman–Crippen MR) is 96.6 cm³/mol. The van der Waals surface area contributed by atoms with Gasteiger partial charge in [0.25, 0.3) is 0 Å². The van der Waals surface area contributed by atoms with Gasteiger partial charge >= 0.3 is 0 Å². The number of benzene rings is 2. The lowest BCUT2D eigenvalue weighted by atomic mass is 9.99. The molecule has 0 radical (unpaired) electrons. The molecule has 4 heteroatoms. The smallest absolute Gasteiger partial charge is 0.142 e. The molecule has 2 aromatic rings. The van der Waals surface area contributed by atoms with Gasteiger partial charge in [-0.3, -0.25) is 0 Å². The number of piperazine rings is 1. The molecular formula is C20H24N2O2. The van der Waals surface area contributed by atoms with Crippen LogP contribution in [0.3, 0.4) is 0 Å². The van der Waals surface area contributed by atoms with Crippen molar-refractivity contribution in [3.63, 3.8) is 0 Å². The minimum absolute atomic E-state index is 0.452. The first-order valence-electron chi connectivity index (χ1n) is 8.75. The van der Waals surface area contributed by atoms with Crippen LogP contribution in [0.1, 0.15) is 25.0 Å². The standard InChI is InChI=1S/C20H24N2O2/c1-14(23)15-3-2-4-16(11-15)17-5-6-20-19(12-17)22-9-8-21-13-18(22)7-10-24-20/h2-6,11-12,14,18,21,23H,7-10,13H2,1H3. The molecule has 2 aromatic carbocycles. The Morgan fingerprint density at radius 2 is 2.08 bits per heavy atom. The van der Waals surface area contributed by atoms with E-state index >= 15 is 0 Å². The van der Waals surface area contributed by atoms with Crippen LogP contribution in [-0.4, -0.2) is 37.4 Å². The van der Waals surface area contributed by atoms with Gasteiger partial charge in [0.05, 0.1) is 18.4 Å². The molecule has 126 valence electrons. The number of aliphatic hydroxyl groups is 1. The maximum absolute atomic E-state index is 9.84. The number of hydrogen-bond acceptors (Lipinski definition) is 4. The molecule has 1 saturated heterocycles. The maximum Gasteiger partial charge on any atom is 0.142 e. The first-order valence-corrected chi connectivity index (χ1v) is 8.75. The summed E-state index contributed by atoms with van der Waals surface area (Å²) in [7, 11) is 0. The second kappa shape index (κ2) is 6.46. The zero-order valence-electron chi connectivity index (χ0n) is 14.0. The average Bonchev–Trinajstić information content (AvgIpc) is 2.80. The summed E-state index contributed by atoms with van der Waals surface area (Å²) in [6.45, 7) is 5.61. The minimum Gasteiger partial charge on any atom is -0.491 e. The van der Waals surface area contributed by atoms with E-state index in [1.54, 1.807) is 6.92 Å². The number of anilines is 1. The fraction of sp³-hybridized carbons (Fsp3) is 0.400. The molecule has 0 amide bonds. The monoisotopic (exact) mass is 324 g/mol. The number of aliphatic hydroxyl groups excluding tert-OH is 1.